The lowest BCUT2D eigenvalue weighted by molar-refractivity contribution is -0.134. The van der Waals surface area contributed by atoms with Crippen molar-refractivity contribution in [2.75, 3.05) is 7.11 Å². The van der Waals surface area contributed by atoms with Gasteiger partial charge < -0.3 is 4.74 Å². The molecule has 0 amide bonds. The molecule has 0 aromatic heterocycles. The maximum absolute atomic E-state index is 10.4. The first kappa shape index (κ1) is 8.21. The van der Waals surface area contributed by atoms with Crippen LogP contribution < -0.4 is 0 Å². The molecule has 1 radical (unpaired) electrons. The Morgan fingerprint density at radius 2 is 2.44 bits per heavy atom. The van der Waals surface area contributed by atoms with E-state index in [4.69, 9.17) is 0 Å². The highest BCUT2D eigenvalue weighted by atomic mass is 16.5. The molecule has 0 saturated carbocycles. The van der Waals surface area contributed by atoms with Crippen LogP contribution in [0.5, 0.6) is 0 Å². The number of hydrogen-bond acceptors (Lipinski definition) is 2. The molecule has 0 atom stereocenters. The minimum atomic E-state index is -0.302. The Morgan fingerprint density at radius 1 is 1.78 bits per heavy atom. The van der Waals surface area contributed by atoms with Crippen molar-refractivity contribution in [3.05, 3.63) is 19.1 Å². The largest absolute Gasteiger partial charge is 0.466 e. The zero-order valence-electron chi connectivity index (χ0n) is 5.59. The van der Waals surface area contributed by atoms with Crippen molar-refractivity contribution >= 4 is 5.97 Å². The van der Waals surface area contributed by atoms with Crippen molar-refractivity contribution in [3.8, 4) is 0 Å². The summed E-state index contributed by atoms with van der Waals surface area (Å²) in [5.74, 6) is -0.302. The zero-order chi connectivity index (χ0) is 7.11. The van der Waals surface area contributed by atoms with Crippen molar-refractivity contribution in [1.29, 1.82) is 0 Å². The van der Waals surface area contributed by atoms with Gasteiger partial charge >= 0.3 is 5.97 Å². The fraction of sp³-hybridized carbons (Fsp3) is 0.429. The molecule has 0 rings (SSSR count). The van der Waals surface area contributed by atoms with Crippen molar-refractivity contribution in [2.45, 2.75) is 12.8 Å². The molecule has 2 nitrogen and oxygen atoms in total. The molecule has 51 valence electrons. The van der Waals surface area contributed by atoms with Crippen LogP contribution in [0.3, 0.4) is 0 Å². The van der Waals surface area contributed by atoms with E-state index >= 15 is 0 Å². The van der Waals surface area contributed by atoms with Gasteiger partial charge in [-0.2, -0.15) is 0 Å². The Balaban J connectivity index is 3.32. The predicted octanol–water partition coefficient (Wildman–Crippen LogP) is 1.33. The maximum Gasteiger partial charge on any atom is 0.330 e. The lowest BCUT2D eigenvalue weighted by atomic mass is 10.3. The molecule has 0 heterocycles. The normalized spacial score (nSPS) is 10.0. The van der Waals surface area contributed by atoms with Crippen LogP contribution in [0.2, 0.25) is 0 Å². The number of allylic oxidation sites excluding steroid dienone is 1. The van der Waals surface area contributed by atoms with Crippen LogP contribution in [0.4, 0.5) is 0 Å². The van der Waals surface area contributed by atoms with E-state index in [1.165, 1.54) is 13.2 Å². The van der Waals surface area contributed by atoms with Gasteiger partial charge in [-0.15, -0.1) is 0 Å². The summed E-state index contributed by atoms with van der Waals surface area (Å²) >= 11 is 0. The smallest absolute Gasteiger partial charge is 0.330 e. The minimum Gasteiger partial charge on any atom is -0.466 e. The number of methoxy groups -OCH3 is 1. The standard InChI is InChI=1S/C7H11O2/c1-3-4-5-6-7(8)9-2/h5-6H,1,3-4H2,2H3. The molecule has 0 saturated heterocycles. The Morgan fingerprint density at radius 3 is 2.89 bits per heavy atom. The lowest BCUT2D eigenvalue weighted by Crippen LogP contribution is -1.92. The predicted molar refractivity (Wildman–Crippen MR) is 35.7 cm³/mol. The van der Waals surface area contributed by atoms with E-state index in [0.717, 1.165) is 12.8 Å². The van der Waals surface area contributed by atoms with Crippen molar-refractivity contribution in [3.63, 3.8) is 0 Å². The van der Waals surface area contributed by atoms with Crippen molar-refractivity contribution in [2.24, 2.45) is 0 Å². The van der Waals surface area contributed by atoms with E-state index < -0.39 is 0 Å². The van der Waals surface area contributed by atoms with Gasteiger partial charge in [0, 0.05) is 6.08 Å². The van der Waals surface area contributed by atoms with Crippen LogP contribution in [0, 0.1) is 6.92 Å². The van der Waals surface area contributed by atoms with Crippen LogP contribution in [0.1, 0.15) is 12.8 Å². The van der Waals surface area contributed by atoms with Gasteiger partial charge in [0.2, 0.25) is 0 Å². The number of ether oxygens (including phenoxy) is 1. The highest BCUT2D eigenvalue weighted by Crippen LogP contribution is 1.87. The van der Waals surface area contributed by atoms with Gasteiger partial charge in [-0.1, -0.05) is 13.0 Å². The van der Waals surface area contributed by atoms with Gasteiger partial charge in [0.25, 0.3) is 0 Å². The SMILES string of the molecule is [CH2]CCC=CC(=O)OC. The van der Waals surface area contributed by atoms with Gasteiger partial charge in [-0.05, 0) is 12.8 Å². The first-order valence-corrected chi connectivity index (χ1v) is 2.85. The van der Waals surface area contributed by atoms with Crippen LogP contribution in [-0.2, 0) is 9.53 Å². The quantitative estimate of drug-likeness (QED) is 0.422. The molecule has 9 heavy (non-hydrogen) atoms. The number of hydrogen-bond donors (Lipinski definition) is 0. The van der Waals surface area contributed by atoms with Crippen LogP contribution in [0.15, 0.2) is 12.2 Å². The summed E-state index contributed by atoms with van der Waals surface area (Å²) in [4.78, 5) is 10.4. The number of carbonyl (C=O) groups excluding carboxylic acids is 1. The second kappa shape index (κ2) is 5.35. The van der Waals surface area contributed by atoms with Gasteiger partial charge in [-0.25, -0.2) is 4.79 Å². The first-order chi connectivity index (χ1) is 4.31. The van der Waals surface area contributed by atoms with Crippen LogP contribution >= 0.6 is 0 Å². The van der Waals surface area contributed by atoms with E-state index in [0.29, 0.717) is 0 Å². The number of rotatable bonds is 3. The van der Waals surface area contributed by atoms with E-state index in [-0.39, 0.29) is 5.97 Å². The lowest BCUT2D eigenvalue weighted by Gasteiger charge is -1.87. The van der Waals surface area contributed by atoms with Crippen molar-refractivity contribution in [1.82, 2.24) is 0 Å². The fourth-order valence-corrected chi connectivity index (χ4v) is 0.365. The van der Waals surface area contributed by atoms with E-state index in [2.05, 4.69) is 11.7 Å². The summed E-state index contributed by atoms with van der Waals surface area (Å²) in [6.07, 6.45) is 4.80. The zero-order valence-corrected chi connectivity index (χ0v) is 5.59. The topological polar surface area (TPSA) is 26.3 Å². The minimum absolute atomic E-state index is 0.302. The summed E-state index contributed by atoms with van der Waals surface area (Å²) in [6.45, 7) is 3.60. The summed E-state index contributed by atoms with van der Waals surface area (Å²) in [7, 11) is 1.36. The second-order valence-electron chi connectivity index (χ2n) is 1.57. The monoisotopic (exact) mass is 127 g/mol. The van der Waals surface area contributed by atoms with E-state index in [9.17, 15) is 4.79 Å². The second-order valence-corrected chi connectivity index (χ2v) is 1.57. The summed E-state index contributed by atoms with van der Waals surface area (Å²) in [5, 5.41) is 0. The molecule has 0 N–H and O–H groups in total. The van der Waals surface area contributed by atoms with Gasteiger partial charge in [0.05, 0.1) is 7.11 Å². The van der Waals surface area contributed by atoms with Gasteiger partial charge in [-0.3, -0.25) is 0 Å². The van der Waals surface area contributed by atoms with E-state index in [1.54, 1.807) is 6.08 Å². The van der Waals surface area contributed by atoms with Crippen LogP contribution in [-0.4, -0.2) is 13.1 Å². The summed E-state index contributed by atoms with van der Waals surface area (Å²) < 4.78 is 4.35. The molecule has 0 fully saturated rings. The Kier molecular flexibility index (Phi) is 4.88. The Bertz CT molecular complexity index is 105. The molecule has 0 aromatic rings. The average Bonchev–Trinajstić information content (AvgIpc) is 1.89. The van der Waals surface area contributed by atoms with Gasteiger partial charge in [0.15, 0.2) is 0 Å². The van der Waals surface area contributed by atoms with Gasteiger partial charge in [0.1, 0.15) is 0 Å². The molecule has 0 aliphatic carbocycles. The van der Waals surface area contributed by atoms with Crippen LogP contribution in [0.25, 0.3) is 0 Å². The Hall–Kier alpha value is -0.790. The first-order valence-electron chi connectivity index (χ1n) is 2.85. The number of esters is 1. The third-order valence-electron chi connectivity index (χ3n) is 0.826. The molecule has 0 unspecified atom stereocenters. The molecule has 2 heteroatoms. The fourth-order valence-electron chi connectivity index (χ4n) is 0.365. The molecule has 0 aliphatic rings. The molecule has 0 aromatic carbocycles. The third kappa shape index (κ3) is 5.07. The van der Waals surface area contributed by atoms with E-state index in [1.807, 2.05) is 0 Å². The average molecular weight is 127 g/mol. The maximum atomic E-state index is 10.4. The highest BCUT2D eigenvalue weighted by Gasteiger charge is 1.86. The molecule has 0 spiro atoms. The summed E-state index contributed by atoms with van der Waals surface area (Å²) in [6, 6.07) is 0. The highest BCUT2D eigenvalue weighted by molar-refractivity contribution is 5.81. The molecular formula is C7H11O2. The molecule has 0 aliphatic heterocycles. The number of unbranched alkanes of at least 4 members (excludes halogenated alkanes) is 1. The summed E-state index contributed by atoms with van der Waals surface area (Å²) in [5.41, 5.74) is 0. The van der Waals surface area contributed by atoms with Crippen molar-refractivity contribution < 1.29 is 9.53 Å². The Labute approximate surface area is 55.5 Å². The number of carbonyl (C=O) groups is 1. The third-order valence-corrected chi connectivity index (χ3v) is 0.826. The molecular weight excluding hydrogens is 116 g/mol. The molecule has 0 bridgehead atoms.